The molecule has 2 N–H and O–H groups in total. The van der Waals surface area contributed by atoms with E-state index in [9.17, 15) is 0 Å². The van der Waals surface area contributed by atoms with E-state index < -0.39 is 0 Å². The summed E-state index contributed by atoms with van der Waals surface area (Å²) < 4.78 is 16.2. The second kappa shape index (κ2) is 15.8. The number of aliphatic imine (C=N–C) groups is 1. The number of nitrogens with one attached hydrogen (secondary N) is 2. The van der Waals surface area contributed by atoms with Gasteiger partial charge in [-0.05, 0) is 32.6 Å². The van der Waals surface area contributed by atoms with E-state index >= 15 is 0 Å². The Kier molecular flexibility index (Phi) is 15.7. The second-order valence-corrected chi connectivity index (χ2v) is 5.10. The standard InChI is InChI=1S/C15H31N3O3.HI/c1-3-16-15(17-8-5-10-19-2)18-9-6-11-20-13-14-7-4-12-21-14;/h14H,3-13H2,1-2H3,(H2,16,17,18);1H. The molecule has 1 atom stereocenters. The minimum absolute atomic E-state index is 0. The molecule has 0 bridgehead atoms. The van der Waals surface area contributed by atoms with E-state index in [1.54, 1.807) is 7.11 Å². The molecule has 0 aromatic carbocycles. The second-order valence-electron chi connectivity index (χ2n) is 5.10. The summed E-state index contributed by atoms with van der Waals surface area (Å²) in [5.74, 6) is 0.868. The Bertz CT molecular complexity index is 275. The number of ether oxygens (including phenoxy) is 3. The normalized spacial score (nSPS) is 18.1. The molecule has 0 amide bonds. The van der Waals surface area contributed by atoms with Crippen molar-refractivity contribution in [3.05, 3.63) is 0 Å². The molecule has 0 radical (unpaired) electrons. The molecule has 0 aliphatic carbocycles. The number of rotatable bonds is 11. The monoisotopic (exact) mass is 429 g/mol. The van der Waals surface area contributed by atoms with Crippen LogP contribution >= 0.6 is 24.0 Å². The highest BCUT2D eigenvalue weighted by molar-refractivity contribution is 14.0. The molecule has 0 aromatic rings. The first-order valence-corrected chi connectivity index (χ1v) is 8.07. The first-order valence-electron chi connectivity index (χ1n) is 8.07. The minimum atomic E-state index is 0. The molecular weight excluding hydrogens is 397 g/mol. The Morgan fingerprint density at radius 2 is 2.14 bits per heavy atom. The maximum absolute atomic E-state index is 5.63. The summed E-state index contributed by atoms with van der Waals surface area (Å²) in [6, 6.07) is 0. The van der Waals surface area contributed by atoms with Crippen molar-refractivity contribution in [2.45, 2.75) is 38.7 Å². The Morgan fingerprint density at radius 3 is 2.82 bits per heavy atom. The average molecular weight is 429 g/mol. The Hall–Kier alpha value is -0.120. The van der Waals surface area contributed by atoms with Crippen LogP contribution in [0.4, 0.5) is 0 Å². The van der Waals surface area contributed by atoms with Crippen LogP contribution in [0, 0.1) is 0 Å². The molecular formula is C15H32IN3O3. The Balaban J connectivity index is 0.00000441. The zero-order valence-electron chi connectivity index (χ0n) is 13.9. The van der Waals surface area contributed by atoms with Gasteiger partial charge in [-0.1, -0.05) is 0 Å². The molecule has 6 nitrogen and oxygen atoms in total. The van der Waals surface area contributed by atoms with Gasteiger partial charge in [-0.15, -0.1) is 24.0 Å². The maximum Gasteiger partial charge on any atom is 0.191 e. The van der Waals surface area contributed by atoms with E-state index in [1.807, 2.05) is 0 Å². The molecule has 0 saturated carbocycles. The zero-order valence-corrected chi connectivity index (χ0v) is 16.3. The van der Waals surface area contributed by atoms with Crippen LogP contribution in [-0.2, 0) is 14.2 Å². The van der Waals surface area contributed by atoms with Gasteiger partial charge in [0.25, 0.3) is 0 Å². The number of halogens is 1. The van der Waals surface area contributed by atoms with Crippen molar-refractivity contribution >= 4 is 29.9 Å². The predicted octanol–water partition coefficient (Wildman–Crippen LogP) is 1.78. The topological polar surface area (TPSA) is 64.1 Å². The largest absolute Gasteiger partial charge is 0.385 e. The summed E-state index contributed by atoms with van der Waals surface area (Å²) in [6.07, 6.45) is 4.53. The van der Waals surface area contributed by atoms with Crippen molar-refractivity contribution in [2.75, 3.05) is 53.2 Å². The molecule has 1 unspecified atom stereocenters. The number of hydrogen-bond donors (Lipinski definition) is 2. The third kappa shape index (κ3) is 11.4. The third-order valence-corrected chi connectivity index (χ3v) is 3.21. The van der Waals surface area contributed by atoms with Crippen LogP contribution in [0.3, 0.4) is 0 Å². The Labute approximate surface area is 151 Å². The Morgan fingerprint density at radius 1 is 1.27 bits per heavy atom. The number of guanidine groups is 1. The van der Waals surface area contributed by atoms with E-state index in [4.69, 9.17) is 14.2 Å². The van der Waals surface area contributed by atoms with Gasteiger partial charge in [0.1, 0.15) is 0 Å². The molecule has 1 rings (SSSR count). The lowest BCUT2D eigenvalue weighted by molar-refractivity contribution is 0.0168. The molecule has 1 heterocycles. The molecule has 0 spiro atoms. The van der Waals surface area contributed by atoms with Crippen LogP contribution < -0.4 is 10.6 Å². The summed E-state index contributed by atoms with van der Waals surface area (Å²) in [4.78, 5) is 4.49. The molecule has 1 saturated heterocycles. The van der Waals surface area contributed by atoms with Crippen LogP contribution in [0.15, 0.2) is 4.99 Å². The van der Waals surface area contributed by atoms with Crippen LogP contribution in [0.1, 0.15) is 32.6 Å². The summed E-state index contributed by atoms with van der Waals surface area (Å²) in [7, 11) is 1.71. The average Bonchev–Trinajstić information content (AvgIpc) is 3.00. The lowest BCUT2D eigenvalue weighted by Crippen LogP contribution is -2.38. The van der Waals surface area contributed by atoms with E-state index in [0.717, 1.165) is 71.3 Å². The van der Waals surface area contributed by atoms with Gasteiger partial charge in [0.05, 0.1) is 12.7 Å². The first-order chi connectivity index (χ1) is 10.4. The summed E-state index contributed by atoms with van der Waals surface area (Å²) in [5, 5.41) is 6.55. The van der Waals surface area contributed by atoms with Crippen molar-refractivity contribution in [1.29, 1.82) is 0 Å². The van der Waals surface area contributed by atoms with Crippen LogP contribution in [0.5, 0.6) is 0 Å². The first kappa shape index (κ1) is 21.9. The van der Waals surface area contributed by atoms with Gasteiger partial charge in [-0.3, -0.25) is 4.99 Å². The molecule has 1 fully saturated rings. The summed E-state index contributed by atoms with van der Waals surface area (Å²) in [6.45, 7) is 7.70. The van der Waals surface area contributed by atoms with Crippen LogP contribution in [-0.4, -0.2) is 65.2 Å². The van der Waals surface area contributed by atoms with Crippen molar-refractivity contribution in [2.24, 2.45) is 4.99 Å². The molecule has 1 aliphatic heterocycles. The van der Waals surface area contributed by atoms with E-state index in [0.29, 0.717) is 6.10 Å². The van der Waals surface area contributed by atoms with E-state index in [1.165, 1.54) is 6.42 Å². The van der Waals surface area contributed by atoms with Gasteiger partial charge in [-0.2, -0.15) is 0 Å². The van der Waals surface area contributed by atoms with Gasteiger partial charge >= 0.3 is 0 Å². The SMILES string of the molecule is CCNC(=NCCCOC)NCCCOCC1CCCO1.I. The minimum Gasteiger partial charge on any atom is -0.385 e. The molecule has 0 aromatic heterocycles. The highest BCUT2D eigenvalue weighted by Crippen LogP contribution is 2.11. The van der Waals surface area contributed by atoms with Gasteiger partial charge in [0, 0.05) is 46.6 Å². The third-order valence-electron chi connectivity index (χ3n) is 3.21. The molecule has 132 valence electrons. The molecule has 7 heteroatoms. The zero-order chi connectivity index (χ0) is 15.2. The smallest absolute Gasteiger partial charge is 0.191 e. The lowest BCUT2D eigenvalue weighted by atomic mass is 10.2. The van der Waals surface area contributed by atoms with Gasteiger partial charge in [0.2, 0.25) is 0 Å². The number of methoxy groups -OCH3 is 1. The number of hydrogen-bond acceptors (Lipinski definition) is 4. The molecule has 1 aliphatic rings. The van der Waals surface area contributed by atoms with E-state index in [-0.39, 0.29) is 24.0 Å². The summed E-state index contributed by atoms with van der Waals surface area (Å²) in [5.41, 5.74) is 0. The van der Waals surface area contributed by atoms with Crippen molar-refractivity contribution in [1.82, 2.24) is 10.6 Å². The highest BCUT2D eigenvalue weighted by Gasteiger charge is 2.14. The summed E-state index contributed by atoms with van der Waals surface area (Å²) >= 11 is 0. The predicted molar refractivity (Wildman–Crippen MR) is 100 cm³/mol. The fourth-order valence-electron chi connectivity index (χ4n) is 2.11. The van der Waals surface area contributed by atoms with Crippen molar-refractivity contribution < 1.29 is 14.2 Å². The fraction of sp³-hybridized carbons (Fsp3) is 0.933. The van der Waals surface area contributed by atoms with Gasteiger partial charge < -0.3 is 24.8 Å². The van der Waals surface area contributed by atoms with E-state index in [2.05, 4.69) is 22.5 Å². The van der Waals surface area contributed by atoms with Crippen molar-refractivity contribution in [3.63, 3.8) is 0 Å². The highest BCUT2D eigenvalue weighted by atomic mass is 127. The number of nitrogens with zero attached hydrogens (tertiary/aromatic N) is 1. The lowest BCUT2D eigenvalue weighted by Gasteiger charge is -2.12. The maximum atomic E-state index is 5.63. The fourth-order valence-corrected chi connectivity index (χ4v) is 2.11. The van der Waals surface area contributed by atoms with Gasteiger partial charge in [-0.25, -0.2) is 0 Å². The van der Waals surface area contributed by atoms with Crippen molar-refractivity contribution in [3.8, 4) is 0 Å². The molecule has 22 heavy (non-hydrogen) atoms. The van der Waals surface area contributed by atoms with Gasteiger partial charge in [0.15, 0.2) is 5.96 Å². The van der Waals surface area contributed by atoms with Crippen LogP contribution in [0.2, 0.25) is 0 Å². The van der Waals surface area contributed by atoms with Crippen LogP contribution in [0.25, 0.3) is 0 Å². The quantitative estimate of drug-likeness (QED) is 0.227.